The molecule has 1 rings (SSSR count). The van der Waals surface area contributed by atoms with E-state index in [0.29, 0.717) is 0 Å². The van der Waals surface area contributed by atoms with Crippen LogP contribution in [0.25, 0.3) is 0 Å². The number of H-pyrrole nitrogens is 1. The normalized spacial score (nSPS) is 10.1. The van der Waals surface area contributed by atoms with Crippen molar-refractivity contribution in [1.29, 1.82) is 0 Å². The van der Waals surface area contributed by atoms with Gasteiger partial charge in [-0.3, -0.25) is 0 Å². The van der Waals surface area contributed by atoms with E-state index in [0.717, 1.165) is 6.42 Å². The lowest BCUT2D eigenvalue weighted by Gasteiger charge is -1.89. The zero-order valence-corrected chi connectivity index (χ0v) is 5.99. The molecular formula is C8H12N. The number of aromatic amines is 1. The summed E-state index contributed by atoms with van der Waals surface area (Å²) in [7, 11) is 0. The van der Waals surface area contributed by atoms with Gasteiger partial charge in [0, 0.05) is 11.4 Å². The topological polar surface area (TPSA) is 15.8 Å². The van der Waals surface area contributed by atoms with Gasteiger partial charge in [-0.15, -0.1) is 0 Å². The molecule has 0 aliphatic rings. The summed E-state index contributed by atoms with van der Waals surface area (Å²) >= 11 is 0. The Balaban J connectivity index is 3.01. The second-order valence-electron chi connectivity index (χ2n) is 2.36. The Hall–Kier alpha value is -0.720. The zero-order chi connectivity index (χ0) is 6.85. The molecule has 0 spiro atoms. The van der Waals surface area contributed by atoms with Gasteiger partial charge in [-0.05, 0) is 38.8 Å². The Bertz CT molecular complexity index is 198. The van der Waals surface area contributed by atoms with Crippen molar-refractivity contribution in [2.75, 3.05) is 0 Å². The largest absolute Gasteiger partial charge is 0.362 e. The first-order chi connectivity index (χ1) is 4.24. The van der Waals surface area contributed by atoms with Crippen LogP contribution in [0.4, 0.5) is 0 Å². The van der Waals surface area contributed by atoms with E-state index >= 15 is 0 Å². The van der Waals surface area contributed by atoms with E-state index < -0.39 is 0 Å². The van der Waals surface area contributed by atoms with Crippen LogP contribution in [0, 0.1) is 20.8 Å². The fourth-order valence-corrected chi connectivity index (χ4v) is 1.04. The molecule has 0 unspecified atom stereocenters. The quantitative estimate of drug-likeness (QED) is 0.586. The minimum absolute atomic E-state index is 0.861. The predicted octanol–water partition coefficient (Wildman–Crippen LogP) is 2.01. The summed E-state index contributed by atoms with van der Waals surface area (Å²) in [5, 5.41) is 0. The van der Waals surface area contributed by atoms with E-state index in [9.17, 15) is 0 Å². The fraction of sp³-hybridized carbons (Fsp3) is 0.375. The van der Waals surface area contributed by atoms with Crippen LogP contribution in [0.3, 0.4) is 0 Å². The van der Waals surface area contributed by atoms with Crippen molar-refractivity contribution in [1.82, 2.24) is 4.98 Å². The summed E-state index contributed by atoms with van der Waals surface area (Å²) in [6.07, 6.45) is 0.861. The van der Waals surface area contributed by atoms with E-state index in [4.69, 9.17) is 0 Å². The maximum Gasteiger partial charge on any atom is 0.0178 e. The highest BCUT2D eigenvalue weighted by molar-refractivity contribution is 5.23. The first-order valence-electron chi connectivity index (χ1n) is 3.18. The molecule has 0 aliphatic heterocycles. The standard InChI is InChI=1S/C8H12N/c1-4-8-6(2)5-7(3)9-8/h5,9H,1,4H2,2-3H3. The van der Waals surface area contributed by atoms with Gasteiger partial charge >= 0.3 is 0 Å². The molecule has 0 fully saturated rings. The lowest BCUT2D eigenvalue weighted by atomic mass is 10.2. The molecule has 1 aromatic rings. The van der Waals surface area contributed by atoms with Gasteiger partial charge in [0.05, 0.1) is 0 Å². The lowest BCUT2D eigenvalue weighted by Crippen LogP contribution is -1.81. The Morgan fingerprint density at radius 3 is 2.44 bits per heavy atom. The van der Waals surface area contributed by atoms with Gasteiger partial charge in [-0.2, -0.15) is 0 Å². The number of nitrogens with one attached hydrogen (secondary N) is 1. The average molecular weight is 122 g/mol. The summed E-state index contributed by atoms with van der Waals surface area (Å²) in [4.78, 5) is 3.23. The summed E-state index contributed by atoms with van der Waals surface area (Å²) in [6.45, 7) is 7.96. The maximum atomic E-state index is 3.80. The minimum atomic E-state index is 0.861. The molecule has 49 valence electrons. The van der Waals surface area contributed by atoms with Crippen LogP contribution in [-0.2, 0) is 6.42 Å². The number of aryl methyl sites for hydroxylation is 2. The molecule has 0 bridgehead atoms. The van der Waals surface area contributed by atoms with Crippen molar-refractivity contribution < 1.29 is 0 Å². The molecule has 1 aromatic heterocycles. The number of hydrogen-bond acceptors (Lipinski definition) is 0. The molecule has 0 aromatic carbocycles. The summed E-state index contributed by atoms with van der Waals surface area (Å²) in [5.74, 6) is 0. The van der Waals surface area contributed by atoms with Crippen molar-refractivity contribution in [2.24, 2.45) is 0 Å². The highest BCUT2D eigenvalue weighted by Gasteiger charge is 1.96. The van der Waals surface area contributed by atoms with Crippen molar-refractivity contribution in [3.8, 4) is 0 Å². The fourth-order valence-electron chi connectivity index (χ4n) is 1.04. The number of aromatic nitrogens is 1. The second kappa shape index (κ2) is 2.26. The van der Waals surface area contributed by atoms with E-state index in [1.807, 2.05) is 0 Å². The molecule has 0 saturated heterocycles. The zero-order valence-electron chi connectivity index (χ0n) is 5.99. The predicted molar refractivity (Wildman–Crippen MR) is 39.3 cm³/mol. The molecule has 1 nitrogen and oxygen atoms in total. The van der Waals surface area contributed by atoms with E-state index in [-0.39, 0.29) is 0 Å². The van der Waals surface area contributed by atoms with Gasteiger partial charge in [0.25, 0.3) is 0 Å². The van der Waals surface area contributed by atoms with Crippen LogP contribution in [0.2, 0.25) is 0 Å². The van der Waals surface area contributed by atoms with Gasteiger partial charge < -0.3 is 4.98 Å². The Morgan fingerprint density at radius 2 is 2.22 bits per heavy atom. The third-order valence-corrected chi connectivity index (χ3v) is 1.51. The SMILES string of the molecule is [CH2]Cc1[nH]c(C)cc1C. The van der Waals surface area contributed by atoms with Crippen LogP contribution in [0.5, 0.6) is 0 Å². The first-order valence-corrected chi connectivity index (χ1v) is 3.18. The van der Waals surface area contributed by atoms with Crippen molar-refractivity contribution in [3.05, 3.63) is 29.9 Å². The van der Waals surface area contributed by atoms with Crippen molar-refractivity contribution in [2.45, 2.75) is 20.3 Å². The molecule has 9 heavy (non-hydrogen) atoms. The van der Waals surface area contributed by atoms with Gasteiger partial charge in [0.1, 0.15) is 0 Å². The van der Waals surface area contributed by atoms with E-state index in [1.165, 1.54) is 17.0 Å². The van der Waals surface area contributed by atoms with Crippen molar-refractivity contribution >= 4 is 0 Å². The molecule has 0 amide bonds. The molecule has 0 saturated carbocycles. The molecule has 1 heteroatoms. The van der Waals surface area contributed by atoms with Gasteiger partial charge in [-0.25, -0.2) is 0 Å². The van der Waals surface area contributed by atoms with Crippen LogP contribution in [0.1, 0.15) is 17.0 Å². The average Bonchev–Trinajstić information content (AvgIpc) is 2.10. The molecule has 1 heterocycles. The Kier molecular flexibility index (Phi) is 1.60. The monoisotopic (exact) mass is 122 g/mol. The minimum Gasteiger partial charge on any atom is -0.362 e. The van der Waals surface area contributed by atoms with Gasteiger partial charge in [0.15, 0.2) is 0 Å². The summed E-state index contributed by atoms with van der Waals surface area (Å²) in [5.41, 5.74) is 3.81. The van der Waals surface area contributed by atoms with Crippen LogP contribution in [-0.4, -0.2) is 4.98 Å². The third-order valence-electron chi connectivity index (χ3n) is 1.51. The Morgan fingerprint density at radius 1 is 1.56 bits per heavy atom. The molecule has 1 radical (unpaired) electrons. The summed E-state index contributed by atoms with van der Waals surface area (Å²) < 4.78 is 0. The van der Waals surface area contributed by atoms with Crippen LogP contribution < -0.4 is 0 Å². The molecule has 1 N–H and O–H groups in total. The van der Waals surface area contributed by atoms with Gasteiger partial charge in [-0.1, -0.05) is 0 Å². The smallest absolute Gasteiger partial charge is 0.0178 e. The lowest BCUT2D eigenvalue weighted by molar-refractivity contribution is 1.10. The summed E-state index contributed by atoms with van der Waals surface area (Å²) in [6, 6.07) is 2.14. The van der Waals surface area contributed by atoms with Gasteiger partial charge in [0.2, 0.25) is 0 Å². The highest BCUT2D eigenvalue weighted by atomic mass is 14.7. The molecular weight excluding hydrogens is 110 g/mol. The maximum absolute atomic E-state index is 3.80. The molecule has 0 aliphatic carbocycles. The van der Waals surface area contributed by atoms with E-state index in [1.54, 1.807) is 0 Å². The second-order valence-corrected chi connectivity index (χ2v) is 2.36. The third kappa shape index (κ3) is 1.15. The first kappa shape index (κ1) is 6.40. The van der Waals surface area contributed by atoms with Crippen molar-refractivity contribution in [3.63, 3.8) is 0 Å². The van der Waals surface area contributed by atoms with E-state index in [2.05, 4.69) is 31.8 Å². The number of rotatable bonds is 1. The number of hydrogen-bond donors (Lipinski definition) is 1. The van der Waals surface area contributed by atoms with Crippen LogP contribution >= 0.6 is 0 Å². The molecule has 0 atom stereocenters. The highest BCUT2D eigenvalue weighted by Crippen LogP contribution is 2.08. The Labute approximate surface area is 56.1 Å². The van der Waals surface area contributed by atoms with Crippen LogP contribution in [0.15, 0.2) is 6.07 Å².